The molecule has 5 nitrogen and oxygen atoms in total. The summed E-state index contributed by atoms with van der Waals surface area (Å²) >= 11 is 0. The van der Waals surface area contributed by atoms with Gasteiger partial charge in [0.2, 0.25) is 0 Å². The Hall–Kier alpha value is -1.76. The van der Waals surface area contributed by atoms with E-state index >= 15 is 0 Å². The maximum Gasteiger partial charge on any atom is 0.123 e. The van der Waals surface area contributed by atoms with Gasteiger partial charge in [-0.05, 0) is 56.0 Å². The number of hydrogen-bond acceptors (Lipinski definition) is 4. The SMILES string of the molecule is CCCn1ccnc1CN1CCC(C2NNCC2c2cccc(F)c2)CC1. The number of hydrogen-bond donors (Lipinski definition) is 2. The van der Waals surface area contributed by atoms with Gasteiger partial charge in [-0.15, -0.1) is 0 Å². The van der Waals surface area contributed by atoms with Crippen LogP contribution in [0.2, 0.25) is 0 Å². The molecule has 2 atom stereocenters. The lowest BCUT2D eigenvalue weighted by Gasteiger charge is -2.36. The number of nitrogens with zero attached hydrogens (tertiary/aromatic N) is 3. The summed E-state index contributed by atoms with van der Waals surface area (Å²) in [6.07, 6.45) is 7.46. The lowest BCUT2D eigenvalue weighted by Crippen LogP contribution is -2.44. The molecular formula is C21H30FN5. The minimum absolute atomic E-state index is 0.143. The molecule has 2 unspecified atom stereocenters. The highest BCUT2D eigenvalue weighted by Crippen LogP contribution is 2.32. The number of rotatable bonds is 6. The first kappa shape index (κ1) is 18.6. The van der Waals surface area contributed by atoms with Crippen molar-refractivity contribution in [3.05, 3.63) is 53.9 Å². The molecule has 0 amide bonds. The largest absolute Gasteiger partial charge is 0.334 e. The minimum Gasteiger partial charge on any atom is -0.334 e. The van der Waals surface area contributed by atoms with Crippen LogP contribution < -0.4 is 10.9 Å². The zero-order valence-electron chi connectivity index (χ0n) is 16.1. The van der Waals surface area contributed by atoms with Crippen molar-refractivity contribution in [1.82, 2.24) is 25.3 Å². The average Bonchev–Trinajstić information content (AvgIpc) is 3.33. The summed E-state index contributed by atoms with van der Waals surface area (Å²) in [5, 5.41) is 0. The van der Waals surface area contributed by atoms with Gasteiger partial charge in [-0.3, -0.25) is 15.8 Å². The highest BCUT2D eigenvalue weighted by atomic mass is 19.1. The van der Waals surface area contributed by atoms with E-state index in [1.54, 1.807) is 6.07 Å². The van der Waals surface area contributed by atoms with Gasteiger partial charge in [0.15, 0.2) is 0 Å². The predicted molar refractivity (Wildman–Crippen MR) is 105 cm³/mol. The second-order valence-corrected chi connectivity index (χ2v) is 7.86. The van der Waals surface area contributed by atoms with Crippen LogP contribution >= 0.6 is 0 Å². The zero-order chi connectivity index (χ0) is 18.6. The highest BCUT2D eigenvalue weighted by molar-refractivity contribution is 5.24. The van der Waals surface area contributed by atoms with Crippen molar-refractivity contribution in [2.24, 2.45) is 5.92 Å². The number of hydrazine groups is 1. The molecule has 4 rings (SSSR count). The molecule has 1 aromatic heterocycles. The van der Waals surface area contributed by atoms with E-state index in [1.165, 1.54) is 24.7 Å². The van der Waals surface area contributed by atoms with Gasteiger partial charge in [0.25, 0.3) is 0 Å². The van der Waals surface area contributed by atoms with Crippen molar-refractivity contribution < 1.29 is 4.39 Å². The first-order chi connectivity index (χ1) is 13.2. The second kappa shape index (κ2) is 8.50. The standard InChI is InChI=1S/C21H30FN5/c1-2-9-27-12-8-23-20(27)15-26-10-6-16(7-11-26)21-19(14-24-25-21)17-4-3-5-18(22)13-17/h3-5,8,12-13,16,19,21,24-25H,2,6-7,9-11,14-15H2,1H3. The van der Waals surface area contributed by atoms with Crippen LogP contribution in [-0.2, 0) is 13.1 Å². The monoisotopic (exact) mass is 371 g/mol. The van der Waals surface area contributed by atoms with Crippen LogP contribution in [0.25, 0.3) is 0 Å². The Morgan fingerprint density at radius 3 is 2.89 bits per heavy atom. The summed E-state index contributed by atoms with van der Waals surface area (Å²) in [5.74, 6) is 1.98. The van der Waals surface area contributed by atoms with Gasteiger partial charge < -0.3 is 4.57 Å². The molecule has 0 radical (unpaired) electrons. The van der Waals surface area contributed by atoms with Crippen molar-refractivity contribution in [3.8, 4) is 0 Å². The summed E-state index contributed by atoms with van der Waals surface area (Å²) in [5.41, 5.74) is 7.88. The van der Waals surface area contributed by atoms with Crippen molar-refractivity contribution in [3.63, 3.8) is 0 Å². The van der Waals surface area contributed by atoms with E-state index in [0.717, 1.165) is 44.7 Å². The van der Waals surface area contributed by atoms with Gasteiger partial charge >= 0.3 is 0 Å². The number of imidazole rings is 1. The Morgan fingerprint density at radius 2 is 2.11 bits per heavy atom. The molecule has 6 heteroatoms. The molecule has 1 aromatic carbocycles. The van der Waals surface area contributed by atoms with Crippen LogP contribution in [0.3, 0.4) is 0 Å². The van der Waals surface area contributed by atoms with E-state index in [9.17, 15) is 4.39 Å². The molecule has 2 saturated heterocycles. The molecule has 2 fully saturated rings. The van der Waals surface area contributed by atoms with Crippen LogP contribution in [0.4, 0.5) is 4.39 Å². The number of halogens is 1. The Morgan fingerprint density at radius 1 is 1.26 bits per heavy atom. The van der Waals surface area contributed by atoms with Crippen LogP contribution in [0.15, 0.2) is 36.7 Å². The molecule has 0 aliphatic carbocycles. The third kappa shape index (κ3) is 4.23. The van der Waals surface area contributed by atoms with E-state index in [2.05, 4.69) is 44.5 Å². The lowest BCUT2D eigenvalue weighted by atomic mass is 9.80. The molecule has 2 N–H and O–H groups in total. The Bertz CT molecular complexity index is 738. The molecule has 27 heavy (non-hydrogen) atoms. The Kier molecular flexibility index (Phi) is 5.86. The summed E-state index contributed by atoms with van der Waals surface area (Å²) < 4.78 is 15.9. The van der Waals surface area contributed by atoms with Crippen LogP contribution in [0, 0.1) is 11.7 Å². The normalized spacial score (nSPS) is 24.5. The van der Waals surface area contributed by atoms with Gasteiger partial charge in [0, 0.05) is 37.4 Å². The molecule has 3 heterocycles. The molecule has 2 aromatic rings. The number of aryl methyl sites for hydroxylation is 1. The van der Waals surface area contributed by atoms with Gasteiger partial charge in [0.05, 0.1) is 6.54 Å². The molecule has 0 bridgehead atoms. The quantitative estimate of drug-likeness (QED) is 0.820. The third-order valence-electron chi connectivity index (χ3n) is 6.07. The van der Waals surface area contributed by atoms with Crippen LogP contribution in [0.1, 0.15) is 43.5 Å². The van der Waals surface area contributed by atoms with Gasteiger partial charge in [0.1, 0.15) is 11.6 Å². The zero-order valence-corrected chi connectivity index (χ0v) is 16.1. The van der Waals surface area contributed by atoms with Gasteiger partial charge in [-0.2, -0.15) is 0 Å². The molecule has 0 spiro atoms. The summed E-state index contributed by atoms with van der Waals surface area (Å²) in [4.78, 5) is 7.07. The first-order valence-corrected chi connectivity index (χ1v) is 10.2. The fourth-order valence-corrected chi connectivity index (χ4v) is 4.63. The van der Waals surface area contributed by atoms with Crippen molar-refractivity contribution >= 4 is 0 Å². The number of piperidine rings is 1. The Balaban J connectivity index is 1.35. The third-order valence-corrected chi connectivity index (χ3v) is 6.07. The molecule has 146 valence electrons. The minimum atomic E-state index is -0.143. The van der Waals surface area contributed by atoms with E-state index in [4.69, 9.17) is 0 Å². The maximum atomic E-state index is 13.7. The molecule has 0 saturated carbocycles. The van der Waals surface area contributed by atoms with Crippen molar-refractivity contribution in [2.45, 2.75) is 51.2 Å². The van der Waals surface area contributed by atoms with Crippen LogP contribution in [0.5, 0.6) is 0 Å². The van der Waals surface area contributed by atoms with E-state index in [1.807, 2.05) is 12.3 Å². The smallest absolute Gasteiger partial charge is 0.123 e. The number of likely N-dealkylation sites (tertiary alicyclic amines) is 1. The number of benzene rings is 1. The molecular weight excluding hydrogens is 341 g/mol. The van der Waals surface area contributed by atoms with Gasteiger partial charge in [-0.1, -0.05) is 19.1 Å². The fourth-order valence-electron chi connectivity index (χ4n) is 4.63. The average molecular weight is 372 g/mol. The molecule has 2 aliphatic rings. The number of aromatic nitrogens is 2. The van der Waals surface area contributed by atoms with E-state index in [0.29, 0.717) is 17.9 Å². The van der Waals surface area contributed by atoms with E-state index in [-0.39, 0.29) is 5.82 Å². The molecule has 2 aliphatic heterocycles. The van der Waals surface area contributed by atoms with Gasteiger partial charge in [-0.25, -0.2) is 9.37 Å². The van der Waals surface area contributed by atoms with E-state index < -0.39 is 0 Å². The van der Waals surface area contributed by atoms with Crippen molar-refractivity contribution in [1.29, 1.82) is 0 Å². The topological polar surface area (TPSA) is 45.1 Å². The number of nitrogens with one attached hydrogen (secondary N) is 2. The highest BCUT2D eigenvalue weighted by Gasteiger charge is 2.36. The predicted octanol–water partition coefficient (Wildman–Crippen LogP) is 2.90. The summed E-state index contributed by atoms with van der Waals surface area (Å²) in [6.45, 7) is 7.23. The maximum absolute atomic E-state index is 13.7. The Labute approximate surface area is 160 Å². The summed E-state index contributed by atoms with van der Waals surface area (Å²) in [6, 6.07) is 7.46. The van der Waals surface area contributed by atoms with Crippen LogP contribution in [-0.4, -0.2) is 40.1 Å². The summed E-state index contributed by atoms with van der Waals surface area (Å²) in [7, 11) is 0. The van der Waals surface area contributed by atoms with Crippen molar-refractivity contribution in [2.75, 3.05) is 19.6 Å². The second-order valence-electron chi connectivity index (χ2n) is 7.86. The fraction of sp³-hybridized carbons (Fsp3) is 0.571. The first-order valence-electron chi connectivity index (χ1n) is 10.2. The lowest BCUT2D eigenvalue weighted by molar-refractivity contribution is 0.147.